The lowest BCUT2D eigenvalue weighted by Crippen LogP contribution is -2.33. The van der Waals surface area contributed by atoms with Gasteiger partial charge >= 0.3 is 0 Å². The fourth-order valence-electron chi connectivity index (χ4n) is 2.25. The van der Waals surface area contributed by atoms with Crippen LogP contribution in [-0.2, 0) is 0 Å². The van der Waals surface area contributed by atoms with Gasteiger partial charge in [-0.05, 0) is 43.9 Å². The summed E-state index contributed by atoms with van der Waals surface area (Å²) in [5.74, 6) is 1.66. The van der Waals surface area contributed by atoms with E-state index in [-0.39, 0.29) is 0 Å². The first-order valence-electron chi connectivity index (χ1n) is 5.73. The Labute approximate surface area is 93.1 Å². The Morgan fingerprint density at radius 2 is 2.36 bits per heavy atom. The molecular formula is C11H23NOS. The summed E-state index contributed by atoms with van der Waals surface area (Å²) < 4.78 is 0. The van der Waals surface area contributed by atoms with E-state index in [9.17, 15) is 0 Å². The average molecular weight is 217 g/mol. The van der Waals surface area contributed by atoms with Crippen molar-refractivity contribution in [2.24, 2.45) is 5.92 Å². The second-order valence-electron chi connectivity index (χ2n) is 4.44. The van der Waals surface area contributed by atoms with Crippen molar-refractivity contribution >= 4 is 12.6 Å². The lowest BCUT2D eigenvalue weighted by Gasteiger charge is -2.26. The number of hydrogen-bond donors (Lipinski definition) is 2. The first-order chi connectivity index (χ1) is 6.77. The Kier molecular flexibility index (Phi) is 5.90. The molecule has 2 unspecified atom stereocenters. The van der Waals surface area contributed by atoms with Gasteiger partial charge in [0.2, 0.25) is 0 Å². The highest BCUT2D eigenvalue weighted by Gasteiger charge is 2.24. The van der Waals surface area contributed by atoms with Gasteiger partial charge in [-0.2, -0.15) is 12.6 Å². The van der Waals surface area contributed by atoms with Crippen LogP contribution in [-0.4, -0.2) is 41.5 Å². The van der Waals surface area contributed by atoms with Gasteiger partial charge in [-0.15, -0.1) is 0 Å². The molecule has 1 fully saturated rings. The van der Waals surface area contributed by atoms with E-state index in [0.29, 0.717) is 12.5 Å². The molecule has 0 amide bonds. The van der Waals surface area contributed by atoms with E-state index in [1.807, 2.05) is 0 Å². The number of aliphatic hydroxyl groups is 1. The van der Waals surface area contributed by atoms with Crippen LogP contribution in [0.2, 0.25) is 0 Å². The van der Waals surface area contributed by atoms with E-state index in [0.717, 1.165) is 24.6 Å². The van der Waals surface area contributed by atoms with E-state index in [4.69, 9.17) is 5.11 Å². The smallest absolute Gasteiger partial charge is 0.0431 e. The van der Waals surface area contributed by atoms with Gasteiger partial charge in [-0.1, -0.05) is 6.92 Å². The summed E-state index contributed by atoms with van der Waals surface area (Å²) in [7, 11) is 0. The summed E-state index contributed by atoms with van der Waals surface area (Å²) >= 11 is 4.32. The Morgan fingerprint density at radius 1 is 1.57 bits per heavy atom. The lowest BCUT2D eigenvalue weighted by atomic mass is 10.1. The van der Waals surface area contributed by atoms with Gasteiger partial charge in [0.25, 0.3) is 0 Å². The maximum absolute atomic E-state index is 8.81. The van der Waals surface area contributed by atoms with Gasteiger partial charge in [-0.25, -0.2) is 0 Å². The Hall–Kier alpha value is 0.270. The number of likely N-dealkylation sites (tertiary alicyclic amines) is 1. The van der Waals surface area contributed by atoms with Crippen molar-refractivity contribution in [1.82, 2.24) is 4.90 Å². The molecule has 2 nitrogen and oxygen atoms in total. The molecule has 0 aromatic rings. The second-order valence-corrected chi connectivity index (χ2v) is 4.81. The number of aliphatic hydroxyl groups excluding tert-OH is 1. The normalized spacial score (nSPS) is 25.5. The Bertz CT molecular complexity index is 154. The van der Waals surface area contributed by atoms with Crippen LogP contribution in [0.25, 0.3) is 0 Å². The van der Waals surface area contributed by atoms with Gasteiger partial charge < -0.3 is 10.0 Å². The topological polar surface area (TPSA) is 23.5 Å². The number of nitrogens with zero attached hydrogens (tertiary/aromatic N) is 1. The molecule has 84 valence electrons. The minimum absolute atomic E-state index is 0.340. The third kappa shape index (κ3) is 3.79. The SMILES string of the molecule is CC(CS)CN1CCCC1CCCO. The minimum atomic E-state index is 0.340. The molecule has 0 aliphatic carbocycles. The van der Waals surface area contributed by atoms with Crippen molar-refractivity contribution in [3.8, 4) is 0 Å². The van der Waals surface area contributed by atoms with Crippen molar-refractivity contribution in [2.75, 3.05) is 25.4 Å². The quantitative estimate of drug-likeness (QED) is 0.663. The fraction of sp³-hybridized carbons (Fsp3) is 1.00. The van der Waals surface area contributed by atoms with Crippen LogP contribution in [0, 0.1) is 5.92 Å². The maximum atomic E-state index is 8.81. The highest BCUT2D eigenvalue weighted by Crippen LogP contribution is 2.22. The molecule has 0 bridgehead atoms. The van der Waals surface area contributed by atoms with Crippen LogP contribution < -0.4 is 0 Å². The summed E-state index contributed by atoms with van der Waals surface area (Å²) in [5, 5.41) is 8.81. The molecule has 2 atom stereocenters. The molecule has 0 aromatic heterocycles. The van der Waals surface area contributed by atoms with Crippen molar-refractivity contribution in [1.29, 1.82) is 0 Å². The molecule has 3 heteroatoms. The Morgan fingerprint density at radius 3 is 3.00 bits per heavy atom. The third-order valence-corrected chi connectivity index (χ3v) is 3.68. The second kappa shape index (κ2) is 6.70. The van der Waals surface area contributed by atoms with Gasteiger partial charge in [-0.3, -0.25) is 0 Å². The van der Waals surface area contributed by atoms with Crippen molar-refractivity contribution in [3.63, 3.8) is 0 Å². The molecule has 1 aliphatic rings. The maximum Gasteiger partial charge on any atom is 0.0431 e. The van der Waals surface area contributed by atoms with Crippen molar-refractivity contribution in [3.05, 3.63) is 0 Å². The standard InChI is InChI=1S/C11H23NOS/c1-10(9-14)8-12-6-2-4-11(12)5-3-7-13/h10-11,13-14H,2-9H2,1H3. The van der Waals surface area contributed by atoms with E-state index in [2.05, 4.69) is 24.5 Å². The zero-order valence-electron chi connectivity index (χ0n) is 9.15. The van der Waals surface area contributed by atoms with Gasteiger partial charge in [0.15, 0.2) is 0 Å². The summed E-state index contributed by atoms with van der Waals surface area (Å²) in [5.41, 5.74) is 0. The summed E-state index contributed by atoms with van der Waals surface area (Å²) in [6, 6.07) is 0.726. The van der Waals surface area contributed by atoms with Crippen LogP contribution in [0.3, 0.4) is 0 Å². The molecule has 1 heterocycles. The van der Waals surface area contributed by atoms with Crippen molar-refractivity contribution < 1.29 is 5.11 Å². The number of hydrogen-bond acceptors (Lipinski definition) is 3. The predicted molar refractivity (Wildman–Crippen MR) is 63.9 cm³/mol. The van der Waals surface area contributed by atoms with Crippen LogP contribution >= 0.6 is 12.6 Å². The number of rotatable bonds is 6. The van der Waals surface area contributed by atoms with Gasteiger partial charge in [0, 0.05) is 19.2 Å². The molecule has 1 aliphatic heterocycles. The predicted octanol–water partition coefficient (Wildman–Crippen LogP) is 1.79. The monoisotopic (exact) mass is 217 g/mol. The Balaban J connectivity index is 2.27. The zero-order valence-corrected chi connectivity index (χ0v) is 10.0. The van der Waals surface area contributed by atoms with Crippen LogP contribution in [0.5, 0.6) is 0 Å². The first-order valence-corrected chi connectivity index (χ1v) is 6.37. The van der Waals surface area contributed by atoms with E-state index >= 15 is 0 Å². The van der Waals surface area contributed by atoms with E-state index in [1.165, 1.54) is 25.9 Å². The van der Waals surface area contributed by atoms with Crippen LogP contribution in [0.4, 0.5) is 0 Å². The highest BCUT2D eigenvalue weighted by molar-refractivity contribution is 7.80. The fourth-order valence-corrected chi connectivity index (χ4v) is 2.36. The highest BCUT2D eigenvalue weighted by atomic mass is 32.1. The van der Waals surface area contributed by atoms with Gasteiger partial charge in [0.05, 0.1) is 0 Å². The third-order valence-electron chi connectivity index (χ3n) is 3.05. The summed E-state index contributed by atoms with van der Waals surface area (Å²) in [6.45, 7) is 5.02. The van der Waals surface area contributed by atoms with Crippen LogP contribution in [0.15, 0.2) is 0 Å². The molecule has 14 heavy (non-hydrogen) atoms. The summed E-state index contributed by atoms with van der Waals surface area (Å²) in [6.07, 6.45) is 4.76. The minimum Gasteiger partial charge on any atom is -0.396 e. The molecule has 0 saturated carbocycles. The summed E-state index contributed by atoms with van der Waals surface area (Å²) in [4.78, 5) is 2.58. The molecule has 0 spiro atoms. The van der Waals surface area contributed by atoms with Crippen molar-refractivity contribution in [2.45, 2.75) is 38.6 Å². The average Bonchev–Trinajstić information content (AvgIpc) is 2.62. The van der Waals surface area contributed by atoms with E-state index < -0.39 is 0 Å². The molecule has 1 N–H and O–H groups in total. The zero-order chi connectivity index (χ0) is 10.4. The van der Waals surface area contributed by atoms with E-state index in [1.54, 1.807) is 0 Å². The number of thiol groups is 1. The molecule has 1 saturated heterocycles. The molecular weight excluding hydrogens is 194 g/mol. The largest absolute Gasteiger partial charge is 0.396 e. The van der Waals surface area contributed by atoms with Gasteiger partial charge in [0.1, 0.15) is 0 Å². The first kappa shape index (κ1) is 12.3. The molecule has 0 radical (unpaired) electrons. The molecule has 1 rings (SSSR count). The molecule has 0 aromatic carbocycles. The van der Waals surface area contributed by atoms with Crippen LogP contribution in [0.1, 0.15) is 32.6 Å². The lowest BCUT2D eigenvalue weighted by molar-refractivity contribution is 0.200.